The van der Waals surface area contributed by atoms with Crippen molar-refractivity contribution in [2.45, 2.75) is 19.8 Å². The van der Waals surface area contributed by atoms with Gasteiger partial charge < -0.3 is 10.1 Å². The van der Waals surface area contributed by atoms with Crippen LogP contribution in [0.5, 0.6) is 0 Å². The second kappa shape index (κ2) is 5.79. The average Bonchev–Trinajstić information content (AvgIpc) is 2.77. The number of thiazole rings is 1. The molecular weight excluding hydrogens is 264 g/mol. The van der Waals surface area contributed by atoms with Crippen molar-refractivity contribution in [3.05, 3.63) is 23.8 Å². The maximum atomic E-state index is 11.6. The first kappa shape index (κ1) is 13.5. The highest BCUT2D eigenvalue weighted by Crippen LogP contribution is 2.26. The number of esters is 1. The van der Waals surface area contributed by atoms with E-state index >= 15 is 0 Å². The van der Waals surface area contributed by atoms with E-state index < -0.39 is 5.97 Å². The highest BCUT2D eigenvalue weighted by Gasteiger charge is 2.10. The number of fused-ring (bicyclic) bond motifs is 1. The Morgan fingerprint density at radius 2 is 2.16 bits per heavy atom. The van der Waals surface area contributed by atoms with Crippen LogP contribution in [0.1, 0.15) is 18.4 Å². The topological polar surface area (TPSA) is 68.3 Å². The fraction of sp³-hybridized carbons (Fsp3) is 0.308. The average molecular weight is 278 g/mol. The van der Waals surface area contributed by atoms with Gasteiger partial charge in [0.25, 0.3) is 0 Å². The van der Waals surface area contributed by atoms with Gasteiger partial charge in [-0.05, 0) is 24.6 Å². The minimum absolute atomic E-state index is 0.0757. The first-order valence-electron chi connectivity index (χ1n) is 5.82. The lowest BCUT2D eigenvalue weighted by Crippen LogP contribution is -2.13. The minimum atomic E-state index is -0.393. The molecule has 0 saturated heterocycles. The van der Waals surface area contributed by atoms with Crippen LogP contribution >= 0.6 is 11.3 Å². The Balaban J connectivity index is 2.01. The van der Waals surface area contributed by atoms with E-state index in [9.17, 15) is 9.59 Å². The van der Waals surface area contributed by atoms with E-state index in [1.807, 2.05) is 25.1 Å². The third kappa shape index (κ3) is 3.51. The predicted octanol–water partition coefficient (Wildman–Crippen LogP) is 2.50. The lowest BCUT2D eigenvalue weighted by Gasteiger charge is -2.00. The fourth-order valence-corrected chi connectivity index (χ4v) is 2.56. The molecule has 6 heteroatoms. The number of anilines is 1. The van der Waals surface area contributed by atoms with Gasteiger partial charge in [-0.3, -0.25) is 9.59 Å². The number of aryl methyl sites for hydroxylation is 1. The third-order valence-corrected chi connectivity index (χ3v) is 3.51. The van der Waals surface area contributed by atoms with Gasteiger partial charge in [0.05, 0.1) is 23.7 Å². The van der Waals surface area contributed by atoms with Gasteiger partial charge in [0, 0.05) is 6.42 Å². The van der Waals surface area contributed by atoms with Crippen LogP contribution in [-0.2, 0) is 14.3 Å². The maximum absolute atomic E-state index is 11.6. The van der Waals surface area contributed by atoms with Crippen LogP contribution in [0.25, 0.3) is 10.2 Å². The lowest BCUT2D eigenvalue weighted by molar-refractivity contribution is -0.141. The van der Waals surface area contributed by atoms with Crippen molar-refractivity contribution >= 4 is 38.6 Å². The molecule has 0 aliphatic carbocycles. The molecule has 100 valence electrons. The zero-order valence-corrected chi connectivity index (χ0v) is 11.5. The predicted molar refractivity (Wildman–Crippen MR) is 74.2 cm³/mol. The van der Waals surface area contributed by atoms with Crippen molar-refractivity contribution in [3.63, 3.8) is 0 Å². The van der Waals surface area contributed by atoms with E-state index in [2.05, 4.69) is 15.0 Å². The molecule has 0 bridgehead atoms. The zero-order chi connectivity index (χ0) is 13.8. The summed E-state index contributed by atoms with van der Waals surface area (Å²) in [5, 5.41) is 3.24. The Labute approximate surface area is 114 Å². The smallest absolute Gasteiger partial charge is 0.306 e. The van der Waals surface area contributed by atoms with Gasteiger partial charge in [-0.1, -0.05) is 17.4 Å². The van der Waals surface area contributed by atoms with Crippen molar-refractivity contribution in [1.82, 2.24) is 4.98 Å². The fourth-order valence-electron chi connectivity index (χ4n) is 1.58. The number of benzene rings is 1. The highest BCUT2D eigenvalue weighted by atomic mass is 32.1. The van der Waals surface area contributed by atoms with Crippen LogP contribution in [0.2, 0.25) is 0 Å². The van der Waals surface area contributed by atoms with Crippen LogP contribution < -0.4 is 5.32 Å². The van der Waals surface area contributed by atoms with Crippen molar-refractivity contribution in [2.75, 3.05) is 12.4 Å². The van der Waals surface area contributed by atoms with Gasteiger partial charge in [-0.25, -0.2) is 4.98 Å². The molecule has 1 aromatic carbocycles. The van der Waals surface area contributed by atoms with E-state index in [4.69, 9.17) is 0 Å². The lowest BCUT2D eigenvalue weighted by atomic mass is 10.2. The number of carbonyl (C=O) groups is 2. The summed E-state index contributed by atoms with van der Waals surface area (Å²) in [6.07, 6.45) is 0.175. The molecule has 19 heavy (non-hydrogen) atoms. The third-order valence-electron chi connectivity index (χ3n) is 2.57. The Kier molecular flexibility index (Phi) is 4.11. The molecule has 5 nitrogen and oxygen atoms in total. The van der Waals surface area contributed by atoms with Crippen LogP contribution in [0.15, 0.2) is 18.2 Å². The standard InChI is InChI=1S/C13H14N2O3S/c1-8-3-4-9-10(7-8)19-13(14-9)15-11(16)5-6-12(17)18-2/h3-4,7H,5-6H2,1-2H3,(H,14,15,16). The van der Waals surface area contributed by atoms with Crippen molar-refractivity contribution in [2.24, 2.45) is 0 Å². The molecule has 1 amide bonds. The number of ether oxygens (including phenoxy) is 1. The molecule has 0 unspecified atom stereocenters. The molecule has 1 aromatic heterocycles. The number of aromatic nitrogens is 1. The van der Waals surface area contributed by atoms with E-state index in [1.54, 1.807) is 0 Å². The number of amides is 1. The quantitative estimate of drug-likeness (QED) is 0.872. The normalized spacial score (nSPS) is 10.4. The van der Waals surface area contributed by atoms with Crippen molar-refractivity contribution in [3.8, 4) is 0 Å². The number of hydrogen-bond acceptors (Lipinski definition) is 5. The van der Waals surface area contributed by atoms with Gasteiger partial charge in [-0.2, -0.15) is 0 Å². The zero-order valence-electron chi connectivity index (χ0n) is 10.7. The van der Waals surface area contributed by atoms with Gasteiger partial charge in [0.15, 0.2) is 5.13 Å². The SMILES string of the molecule is COC(=O)CCC(=O)Nc1nc2ccc(C)cc2s1. The summed E-state index contributed by atoms with van der Waals surface area (Å²) in [7, 11) is 1.30. The highest BCUT2D eigenvalue weighted by molar-refractivity contribution is 7.22. The second-order valence-electron chi connectivity index (χ2n) is 4.11. The monoisotopic (exact) mass is 278 g/mol. The van der Waals surface area contributed by atoms with Crippen molar-refractivity contribution < 1.29 is 14.3 Å². The number of nitrogens with one attached hydrogen (secondary N) is 1. The largest absolute Gasteiger partial charge is 0.469 e. The van der Waals surface area contributed by atoms with Crippen LogP contribution in [0.4, 0.5) is 5.13 Å². The molecule has 0 aliphatic heterocycles. The molecule has 0 saturated carbocycles. The van der Waals surface area contributed by atoms with Gasteiger partial charge in [0.1, 0.15) is 0 Å². The Morgan fingerprint density at radius 3 is 2.89 bits per heavy atom. The Bertz CT molecular complexity index is 621. The molecule has 0 aliphatic rings. The molecule has 0 spiro atoms. The molecular formula is C13H14N2O3S. The van der Waals surface area contributed by atoms with E-state index in [-0.39, 0.29) is 18.7 Å². The van der Waals surface area contributed by atoms with Gasteiger partial charge in [0.2, 0.25) is 5.91 Å². The first-order valence-corrected chi connectivity index (χ1v) is 6.64. The molecule has 1 N–H and O–H groups in total. The number of hydrogen-bond donors (Lipinski definition) is 1. The summed E-state index contributed by atoms with van der Waals surface area (Å²) >= 11 is 1.42. The van der Waals surface area contributed by atoms with Crippen LogP contribution in [-0.4, -0.2) is 24.0 Å². The van der Waals surface area contributed by atoms with Gasteiger partial charge in [-0.15, -0.1) is 0 Å². The summed E-state index contributed by atoms with van der Waals surface area (Å²) in [5.74, 6) is -0.628. The van der Waals surface area contributed by atoms with E-state index in [1.165, 1.54) is 18.4 Å². The number of carbonyl (C=O) groups excluding carboxylic acids is 2. The molecule has 0 atom stereocenters. The summed E-state index contributed by atoms with van der Waals surface area (Å²) in [6, 6.07) is 5.92. The number of nitrogens with zero attached hydrogens (tertiary/aromatic N) is 1. The molecule has 2 aromatic rings. The summed E-state index contributed by atoms with van der Waals surface area (Å²) in [4.78, 5) is 26.9. The molecule has 1 heterocycles. The minimum Gasteiger partial charge on any atom is -0.469 e. The Hall–Kier alpha value is -1.95. The number of methoxy groups -OCH3 is 1. The van der Waals surface area contributed by atoms with Crippen LogP contribution in [0, 0.1) is 6.92 Å². The van der Waals surface area contributed by atoms with E-state index in [0.29, 0.717) is 5.13 Å². The molecule has 0 fully saturated rings. The van der Waals surface area contributed by atoms with Crippen molar-refractivity contribution in [1.29, 1.82) is 0 Å². The summed E-state index contributed by atoms with van der Waals surface area (Å²) < 4.78 is 5.51. The summed E-state index contributed by atoms with van der Waals surface area (Å²) in [5.41, 5.74) is 2.01. The first-order chi connectivity index (χ1) is 9.08. The number of rotatable bonds is 4. The second-order valence-corrected chi connectivity index (χ2v) is 5.15. The Morgan fingerprint density at radius 1 is 1.37 bits per heavy atom. The maximum Gasteiger partial charge on any atom is 0.306 e. The van der Waals surface area contributed by atoms with Gasteiger partial charge >= 0.3 is 5.97 Å². The molecule has 2 rings (SSSR count). The van der Waals surface area contributed by atoms with Crippen LogP contribution in [0.3, 0.4) is 0 Å². The molecule has 0 radical (unpaired) electrons. The summed E-state index contributed by atoms with van der Waals surface area (Å²) in [6.45, 7) is 2.01. The van der Waals surface area contributed by atoms with E-state index in [0.717, 1.165) is 15.8 Å².